The van der Waals surface area contributed by atoms with Crippen molar-refractivity contribution in [2.75, 3.05) is 26.2 Å². The number of hydrogen-bond donors (Lipinski definition) is 0. The summed E-state index contributed by atoms with van der Waals surface area (Å²) in [5.41, 5.74) is 0. The summed E-state index contributed by atoms with van der Waals surface area (Å²) in [6, 6.07) is 0. The number of quaternary nitrogens is 1. The summed E-state index contributed by atoms with van der Waals surface area (Å²) in [6.45, 7) is 15.3. The minimum Gasteiger partial charge on any atom is -0.324 e. The van der Waals surface area contributed by atoms with Crippen LogP contribution >= 0.6 is 12.4 Å². The predicted octanol–water partition coefficient (Wildman–Crippen LogP) is 11.7. The van der Waals surface area contributed by atoms with Crippen molar-refractivity contribution >= 4 is 12.4 Å². The molecule has 0 aliphatic carbocycles. The second kappa shape index (κ2) is 29.5. The minimum absolute atomic E-state index is 0. The van der Waals surface area contributed by atoms with E-state index in [1.807, 2.05) is 0 Å². The Morgan fingerprint density at radius 3 is 0.647 bits per heavy atom. The number of unbranched alkanes of at least 4 members (excludes halogenated alkanes) is 20. The normalized spacial score (nSPS) is 11.6. The lowest BCUT2D eigenvalue weighted by Crippen LogP contribution is -2.50. The molecule has 0 radical (unpaired) electrons. The second-order valence-corrected chi connectivity index (χ2v) is 11.3. The average molecular weight is 503 g/mol. The lowest BCUT2D eigenvalue weighted by Gasteiger charge is -2.40. The van der Waals surface area contributed by atoms with Crippen molar-refractivity contribution in [3.8, 4) is 0 Å². The standard InChI is InChI=1S/C32H68N.ClH/c1-5-9-13-17-21-25-29-33(30-26-22-18-14-10-6-2,31-27-23-19-15-11-7-3)32-28-24-20-16-12-8-4;/h5-32H2,1-4H3;1H/q+1;. The lowest BCUT2D eigenvalue weighted by molar-refractivity contribution is -0.929. The maximum atomic E-state index is 2.34. The van der Waals surface area contributed by atoms with Gasteiger partial charge in [0.05, 0.1) is 26.2 Å². The Hall–Kier alpha value is 0.250. The first-order valence-corrected chi connectivity index (χ1v) is 16.1. The Bertz CT molecular complexity index is 287. The summed E-state index contributed by atoms with van der Waals surface area (Å²) >= 11 is 0. The third kappa shape index (κ3) is 24.0. The van der Waals surface area contributed by atoms with Gasteiger partial charge in [0.25, 0.3) is 0 Å². The molecular weight excluding hydrogens is 434 g/mol. The van der Waals surface area contributed by atoms with Gasteiger partial charge in [-0.2, -0.15) is 0 Å². The maximum absolute atomic E-state index is 2.34. The molecule has 0 unspecified atom stereocenters. The highest BCUT2D eigenvalue weighted by molar-refractivity contribution is 5.85. The SMILES string of the molecule is CCCCCCCC[N+](CCCCCCCC)(CCCCCCCC)CCCCCCCC.Cl. The minimum atomic E-state index is 0. The van der Waals surface area contributed by atoms with Crippen LogP contribution in [0.15, 0.2) is 0 Å². The van der Waals surface area contributed by atoms with E-state index in [9.17, 15) is 0 Å². The van der Waals surface area contributed by atoms with Crippen molar-refractivity contribution in [2.45, 2.75) is 182 Å². The molecule has 34 heavy (non-hydrogen) atoms. The third-order valence-electron chi connectivity index (χ3n) is 7.94. The summed E-state index contributed by atoms with van der Waals surface area (Å²) in [5, 5.41) is 0. The summed E-state index contributed by atoms with van der Waals surface area (Å²) in [4.78, 5) is 0. The van der Waals surface area contributed by atoms with Crippen LogP contribution in [0.5, 0.6) is 0 Å². The van der Waals surface area contributed by atoms with E-state index in [1.54, 1.807) is 0 Å². The first-order valence-electron chi connectivity index (χ1n) is 16.1. The highest BCUT2D eigenvalue weighted by Gasteiger charge is 2.25. The van der Waals surface area contributed by atoms with Crippen molar-refractivity contribution < 1.29 is 4.48 Å². The molecule has 0 aromatic carbocycles. The monoisotopic (exact) mass is 503 g/mol. The van der Waals surface area contributed by atoms with E-state index in [0.717, 1.165) is 0 Å². The van der Waals surface area contributed by atoms with Gasteiger partial charge in [0.15, 0.2) is 0 Å². The van der Waals surface area contributed by atoms with Gasteiger partial charge >= 0.3 is 0 Å². The summed E-state index contributed by atoms with van der Waals surface area (Å²) < 4.78 is 1.48. The molecule has 0 atom stereocenters. The van der Waals surface area contributed by atoms with Gasteiger partial charge in [-0.25, -0.2) is 0 Å². The molecule has 0 heterocycles. The molecule has 0 aliphatic rings. The Morgan fingerprint density at radius 2 is 0.441 bits per heavy atom. The van der Waals surface area contributed by atoms with Crippen LogP contribution in [0.25, 0.3) is 0 Å². The first kappa shape index (κ1) is 36.4. The molecular formula is C32H69ClN+. The van der Waals surface area contributed by atoms with Crippen LogP contribution in [0.4, 0.5) is 0 Å². The zero-order chi connectivity index (χ0) is 24.3. The Labute approximate surface area is 224 Å². The highest BCUT2D eigenvalue weighted by Crippen LogP contribution is 2.20. The van der Waals surface area contributed by atoms with Gasteiger partial charge < -0.3 is 4.48 Å². The fourth-order valence-electron chi connectivity index (χ4n) is 5.58. The topological polar surface area (TPSA) is 0 Å². The van der Waals surface area contributed by atoms with Crippen LogP contribution in [0.3, 0.4) is 0 Å². The number of nitrogens with zero attached hydrogens (tertiary/aromatic N) is 1. The Morgan fingerprint density at radius 1 is 0.265 bits per heavy atom. The molecule has 0 spiro atoms. The van der Waals surface area contributed by atoms with Gasteiger partial charge in [-0.1, -0.05) is 130 Å². The van der Waals surface area contributed by atoms with E-state index in [0.29, 0.717) is 0 Å². The molecule has 0 N–H and O–H groups in total. The Kier molecular flexibility index (Phi) is 31.6. The van der Waals surface area contributed by atoms with Gasteiger partial charge in [-0.05, 0) is 51.4 Å². The van der Waals surface area contributed by atoms with Crippen molar-refractivity contribution in [2.24, 2.45) is 0 Å². The van der Waals surface area contributed by atoms with E-state index in [4.69, 9.17) is 0 Å². The van der Waals surface area contributed by atoms with Gasteiger partial charge in [0.1, 0.15) is 0 Å². The number of hydrogen-bond acceptors (Lipinski definition) is 0. The van der Waals surface area contributed by atoms with Crippen LogP contribution in [-0.2, 0) is 0 Å². The van der Waals surface area contributed by atoms with E-state index in [1.165, 1.54) is 185 Å². The van der Waals surface area contributed by atoms with Crippen molar-refractivity contribution in [1.82, 2.24) is 0 Å². The molecule has 0 saturated carbocycles. The largest absolute Gasteiger partial charge is 0.324 e. The van der Waals surface area contributed by atoms with Crippen LogP contribution < -0.4 is 0 Å². The first-order chi connectivity index (χ1) is 16.2. The third-order valence-corrected chi connectivity index (χ3v) is 7.94. The maximum Gasteiger partial charge on any atom is 0.0786 e. The smallest absolute Gasteiger partial charge is 0.0786 e. The molecule has 2 heteroatoms. The highest BCUT2D eigenvalue weighted by atomic mass is 35.5. The molecule has 0 aromatic rings. The second-order valence-electron chi connectivity index (χ2n) is 11.3. The number of halogens is 1. The van der Waals surface area contributed by atoms with E-state index in [-0.39, 0.29) is 12.4 Å². The molecule has 0 fully saturated rings. The molecule has 0 amide bonds. The van der Waals surface area contributed by atoms with Crippen molar-refractivity contribution in [1.29, 1.82) is 0 Å². The average Bonchev–Trinajstić information content (AvgIpc) is 2.83. The number of rotatable bonds is 28. The lowest BCUT2D eigenvalue weighted by atomic mass is 10.0. The van der Waals surface area contributed by atoms with E-state index >= 15 is 0 Å². The van der Waals surface area contributed by atoms with Crippen LogP contribution in [0.1, 0.15) is 182 Å². The van der Waals surface area contributed by atoms with Crippen molar-refractivity contribution in [3.05, 3.63) is 0 Å². The van der Waals surface area contributed by atoms with Crippen LogP contribution in [-0.4, -0.2) is 30.7 Å². The zero-order valence-corrected chi connectivity index (χ0v) is 25.5. The zero-order valence-electron chi connectivity index (χ0n) is 24.7. The van der Waals surface area contributed by atoms with Gasteiger partial charge in [-0.15, -0.1) is 12.4 Å². The van der Waals surface area contributed by atoms with E-state index in [2.05, 4.69) is 27.7 Å². The fourth-order valence-corrected chi connectivity index (χ4v) is 5.58. The molecule has 0 saturated heterocycles. The molecule has 0 rings (SSSR count). The summed E-state index contributed by atoms with van der Waals surface area (Å²) in [5.74, 6) is 0. The van der Waals surface area contributed by atoms with Gasteiger partial charge in [0.2, 0.25) is 0 Å². The predicted molar refractivity (Wildman–Crippen MR) is 160 cm³/mol. The molecule has 0 bridgehead atoms. The molecule has 208 valence electrons. The van der Waals surface area contributed by atoms with E-state index < -0.39 is 0 Å². The summed E-state index contributed by atoms with van der Waals surface area (Å²) in [7, 11) is 0. The van der Waals surface area contributed by atoms with Gasteiger partial charge in [0, 0.05) is 0 Å². The van der Waals surface area contributed by atoms with Gasteiger partial charge in [-0.3, -0.25) is 0 Å². The van der Waals surface area contributed by atoms with Crippen LogP contribution in [0, 0.1) is 0 Å². The quantitative estimate of drug-likeness (QED) is 0.0736. The Balaban J connectivity index is 0. The molecule has 1 nitrogen and oxygen atoms in total. The summed E-state index contributed by atoms with van der Waals surface area (Å²) in [6.07, 6.45) is 34.8. The van der Waals surface area contributed by atoms with Crippen LogP contribution in [0.2, 0.25) is 0 Å². The fraction of sp³-hybridized carbons (Fsp3) is 1.00. The molecule has 0 aromatic heterocycles. The van der Waals surface area contributed by atoms with Crippen molar-refractivity contribution in [3.63, 3.8) is 0 Å². The molecule has 0 aliphatic heterocycles.